The average molecular weight is 296 g/mol. The fourth-order valence-electron chi connectivity index (χ4n) is 3.75. The number of hydrogen-bond donors (Lipinski definition) is 1. The van der Waals surface area contributed by atoms with Gasteiger partial charge >= 0.3 is 0 Å². The Balaban J connectivity index is 2.78. The highest BCUT2D eigenvalue weighted by atomic mass is 16.2. The van der Waals surface area contributed by atoms with E-state index >= 15 is 0 Å². The van der Waals surface area contributed by atoms with Crippen molar-refractivity contribution in [3.63, 3.8) is 0 Å². The molecule has 0 atom stereocenters. The fraction of sp³-hybridized carbons (Fsp3) is 0.944. The molecule has 21 heavy (non-hydrogen) atoms. The summed E-state index contributed by atoms with van der Waals surface area (Å²) in [4.78, 5) is 15.1. The summed E-state index contributed by atoms with van der Waals surface area (Å²) in [5.41, 5.74) is 6.14. The van der Waals surface area contributed by atoms with Crippen LogP contribution in [0.1, 0.15) is 79.1 Å². The van der Waals surface area contributed by atoms with Gasteiger partial charge in [-0.1, -0.05) is 47.0 Å². The van der Waals surface area contributed by atoms with Gasteiger partial charge in [-0.15, -0.1) is 0 Å². The van der Waals surface area contributed by atoms with Crippen LogP contribution in [0.15, 0.2) is 0 Å². The Bertz CT molecular complexity index is 304. The van der Waals surface area contributed by atoms with Crippen LogP contribution in [0.3, 0.4) is 0 Å². The summed E-state index contributed by atoms with van der Waals surface area (Å²) in [6.07, 6.45) is 8.79. The summed E-state index contributed by atoms with van der Waals surface area (Å²) in [7, 11) is 0. The van der Waals surface area contributed by atoms with Crippen LogP contribution in [-0.4, -0.2) is 29.9 Å². The SMILES string of the molecule is CCC(CC)N(CC(C)C)C(=O)CC1(CN)CCCCC1. The molecule has 2 N–H and O–H groups in total. The van der Waals surface area contributed by atoms with E-state index in [1.54, 1.807) is 0 Å². The Labute approximate surface area is 131 Å². The van der Waals surface area contributed by atoms with E-state index in [0.717, 1.165) is 32.2 Å². The lowest BCUT2D eigenvalue weighted by Gasteiger charge is -2.39. The second kappa shape index (κ2) is 8.77. The standard InChI is InChI=1S/C18H36N2O/c1-5-16(6-2)20(13-15(3)4)17(21)12-18(14-19)10-8-7-9-11-18/h15-16H,5-14,19H2,1-4H3. The number of nitrogens with zero attached hydrogens (tertiary/aromatic N) is 1. The molecule has 0 aromatic rings. The molecule has 3 nitrogen and oxygen atoms in total. The first-order chi connectivity index (χ1) is 9.98. The number of carbonyl (C=O) groups excluding carboxylic acids is 1. The average Bonchev–Trinajstić information content (AvgIpc) is 2.48. The topological polar surface area (TPSA) is 46.3 Å². The summed E-state index contributed by atoms with van der Waals surface area (Å²) >= 11 is 0. The lowest BCUT2D eigenvalue weighted by molar-refractivity contribution is -0.137. The molecule has 124 valence electrons. The van der Waals surface area contributed by atoms with Gasteiger partial charge in [0, 0.05) is 19.0 Å². The van der Waals surface area contributed by atoms with Crippen molar-refractivity contribution < 1.29 is 4.79 Å². The predicted octanol–water partition coefficient (Wildman–Crippen LogP) is 3.96. The van der Waals surface area contributed by atoms with Crippen molar-refractivity contribution in [2.45, 2.75) is 85.1 Å². The molecule has 3 heteroatoms. The molecule has 1 rings (SSSR count). The van der Waals surface area contributed by atoms with Gasteiger partial charge in [0.05, 0.1) is 0 Å². The smallest absolute Gasteiger partial charge is 0.223 e. The van der Waals surface area contributed by atoms with Crippen molar-refractivity contribution in [1.82, 2.24) is 4.90 Å². The summed E-state index contributed by atoms with van der Waals surface area (Å²) in [6, 6.07) is 0.387. The monoisotopic (exact) mass is 296 g/mol. The van der Waals surface area contributed by atoms with Crippen LogP contribution >= 0.6 is 0 Å². The van der Waals surface area contributed by atoms with E-state index in [4.69, 9.17) is 5.73 Å². The molecule has 1 aliphatic rings. The van der Waals surface area contributed by atoms with Gasteiger partial charge < -0.3 is 10.6 Å². The van der Waals surface area contributed by atoms with Gasteiger partial charge in [0.2, 0.25) is 5.91 Å². The second-order valence-electron chi connectivity index (χ2n) is 7.35. The minimum absolute atomic E-state index is 0.0800. The summed E-state index contributed by atoms with van der Waals surface area (Å²) in [5.74, 6) is 0.861. The van der Waals surface area contributed by atoms with E-state index in [0.29, 0.717) is 30.8 Å². The third kappa shape index (κ3) is 5.28. The molecule has 0 aromatic carbocycles. The van der Waals surface area contributed by atoms with Gasteiger partial charge in [0.25, 0.3) is 0 Å². The molecule has 1 amide bonds. The van der Waals surface area contributed by atoms with Crippen LogP contribution < -0.4 is 5.73 Å². The van der Waals surface area contributed by atoms with Crippen molar-refractivity contribution in [1.29, 1.82) is 0 Å². The minimum Gasteiger partial charge on any atom is -0.339 e. The van der Waals surface area contributed by atoms with Crippen LogP contribution in [0.4, 0.5) is 0 Å². The first-order valence-corrected chi connectivity index (χ1v) is 8.97. The number of rotatable bonds is 8. The van der Waals surface area contributed by atoms with Gasteiger partial charge in [-0.3, -0.25) is 4.79 Å². The van der Waals surface area contributed by atoms with Crippen molar-refractivity contribution >= 4 is 5.91 Å². The summed E-state index contributed by atoms with van der Waals surface area (Å²) in [5, 5.41) is 0. The molecule has 0 spiro atoms. The molecule has 0 bridgehead atoms. The van der Waals surface area contributed by atoms with E-state index < -0.39 is 0 Å². The van der Waals surface area contributed by atoms with Crippen LogP contribution in [0.25, 0.3) is 0 Å². The molecule has 0 unspecified atom stereocenters. The van der Waals surface area contributed by atoms with Gasteiger partial charge in [0.15, 0.2) is 0 Å². The summed E-state index contributed by atoms with van der Waals surface area (Å²) < 4.78 is 0. The maximum absolute atomic E-state index is 12.9. The molecule has 0 aromatic heterocycles. The molecular weight excluding hydrogens is 260 g/mol. The Hall–Kier alpha value is -0.570. The normalized spacial score (nSPS) is 18.2. The Morgan fingerprint density at radius 3 is 2.14 bits per heavy atom. The van der Waals surface area contributed by atoms with E-state index in [2.05, 4.69) is 32.6 Å². The second-order valence-corrected chi connectivity index (χ2v) is 7.35. The van der Waals surface area contributed by atoms with E-state index in [-0.39, 0.29) is 5.41 Å². The largest absolute Gasteiger partial charge is 0.339 e. The van der Waals surface area contributed by atoms with Crippen LogP contribution in [-0.2, 0) is 4.79 Å². The minimum atomic E-state index is 0.0800. The maximum atomic E-state index is 12.9. The number of hydrogen-bond acceptors (Lipinski definition) is 2. The highest BCUT2D eigenvalue weighted by Crippen LogP contribution is 2.39. The zero-order chi connectivity index (χ0) is 15.9. The lowest BCUT2D eigenvalue weighted by atomic mass is 9.71. The van der Waals surface area contributed by atoms with E-state index in [9.17, 15) is 4.79 Å². The third-order valence-corrected chi connectivity index (χ3v) is 5.14. The van der Waals surface area contributed by atoms with Crippen molar-refractivity contribution in [2.75, 3.05) is 13.1 Å². The fourth-order valence-corrected chi connectivity index (χ4v) is 3.75. The zero-order valence-electron chi connectivity index (χ0n) is 14.7. The quantitative estimate of drug-likeness (QED) is 0.737. The highest BCUT2D eigenvalue weighted by molar-refractivity contribution is 5.77. The van der Waals surface area contributed by atoms with E-state index in [1.165, 1.54) is 19.3 Å². The van der Waals surface area contributed by atoms with Crippen LogP contribution in [0.2, 0.25) is 0 Å². The molecule has 1 fully saturated rings. The molecule has 0 radical (unpaired) electrons. The first kappa shape index (κ1) is 18.5. The molecule has 1 aliphatic carbocycles. The van der Waals surface area contributed by atoms with Crippen LogP contribution in [0.5, 0.6) is 0 Å². The van der Waals surface area contributed by atoms with Crippen molar-refractivity contribution in [3.05, 3.63) is 0 Å². The van der Waals surface area contributed by atoms with Gasteiger partial charge in [-0.2, -0.15) is 0 Å². The lowest BCUT2D eigenvalue weighted by Crippen LogP contribution is -2.46. The number of nitrogens with two attached hydrogens (primary N) is 1. The molecular formula is C18H36N2O. The Morgan fingerprint density at radius 2 is 1.71 bits per heavy atom. The first-order valence-electron chi connectivity index (χ1n) is 8.97. The van der Waals surface area contributed by atoms with Gasteiger partial charge in [0.1, 0.15) is 0 Å². The molecule has 0 aliphatic heterocycles. The third-order valence-electron chi connectivity index (χ3n) is 5.14. The Kier molecular flexibility index (Phi) is 7.72. The van der Waals surface area contributed by atoms with Gasteiger partial charge in [-0.25, -0.2) is 0 Å². The maximum Gasteiger partial charge on any atom is 0.223 e. The van der Waals surface area contributed by atoms with Crippen molar-refractivity contribution in [3.8, 4) is 0 Å². The predicted molar refractivity (Wildman–Crippen MR) is 90.1 cm³/mol. The molecule has 1 saturated carbocycles. The number of amides is 1. The Morgan fingerprint density at radius 1 is 1.14 bits per heavy atom. The van der Waals surface area contributed by atoms with Crippen LogP contribution in [0, 0.1) is 11.3 Å². The summed E-state index contributed by atoms with van der Waals surface area (Å²) in [6.45, 7) is 10.3. The van der Waals surface area contributed by atoms with Gasteiger partial charge in [-0.05, 0) is 43.6 Å². The number of carbonyl (C=O) groups is 1. The van der Waals surface area contributed by atoms with E-state index in [1.807, 2.05) is 0 Å². The molecule has 0 saturated heterocycles. The molecule has 0 heterocycles. The highest BCUT2D eigenvalue weighted by Gasteiger charge is 2.35. The van der Waals surface area contributed by atoms with Crippen molar-refractivity contribution in [2.24, 2.45) is 17.1 Å². The zero-order valence-corrected chi connectivity index (χ0v) is 14.7.